The summed E-state index contributed by atoms with van der Waals surface area (Å²) < 4.78 is 0. The molecule has 0 saturated heterocycles. The molecule has 18 heavy (non-hydrogen) atoms. The SMILES string of the molecule is CCCN(C)c1c(Nc2ccccc2)c(=O)c1=O. The summed E-state index contributed by atoms with van der Waals surface area (Å²) in [5.41, 5.74) is 0.879. The van der Waals surface area contributed by atoms with E-state index in [2.05, 4.69) is 5.32 Å². The smallest absolute Gasteiger partial charge is 0.253 e. The summed E-state index contributed by atoms with van der Waals surface area (Å²) in [6.45, 7) is 2.79. The Morgan fingerprint density at radius 3 is 2.39 bits per heavy atom. The zero-order chi connectivity index (χ0) is 13.1. The third-order valence-corrected chi connectivity index (χ3v) is 2.87. The molecule has 0 aliphatic rings. The zero-order valence-corrected chi connectivity index (χ0v) is 10.6. The van der Waals surface area contributed by atoms with Gasteiger partial charge in [0.25, 0.3) is 10.9 Å². The Labute approximate surface area is 106 Å². The Balaban J connectivity index is 2.27. The Bertz CT molecular complexity index is 598. The molecule has 2 aromatic carbocycles. The van der Waals surface area contributed by atoms with E-state index in [-0.39, 0.29) is 0 Å². The maximum absolute atomic E-state index is 11.6. The van der Waals surface area contributed by atoms with Gasteiger partial charge >= 0.3 is 0 Å². The van der Waals surface area contributed by atoms with Crippen molar-refractivity contribution >= 4 is 17.1 Å². The number of hydrogen-bond donors (Lipinski definition) is 1. The summed E-state index contributed by atoms with van der Waals surface area (Å²) in [5.74, 6) is 0. The second-order valence-corrected chi connectivity index (χ2v) is 4.29. The lowest BCUT2D eigenvalue weighted by atomic mass is 10.1. The van der Waals surface area contributed by atoms with E-state index >= 15 is 0 Å². The van der Waals surface area contributed by atoms with Gasteiger partial charge in [-0.3, -0.25) is 9.59 Å². The van der Waals surface area contributed by atoms with Gasteiger partial charge in [0, 0.05) is 19.3 Å². The largest absolute Gasteiger partial charge is 0.370 e. The van der Waals surface area contributed by atoms with Gasteiger partial charge < -0.3 is 10.2 Å². The van der Waals surface area contributed by atoms with Crippen LogP contribution in [0, 0.1) is 0 Å². The van der Waals surface area contributed by atoms with Gasteiger partial charge in [0.2, 0.25) is 0 Å². The second-order valence-electron chi connectivity index (χ2n) is 4.29. The summed E-state index contributed by atoms with van der Waals surface area (Å²) >= 11 is 0. The molecule has 0 saturated carbocycles. The second kappa shape index (κ2) is 5.04. The molecule has 4 nitrogen and oxygen atoms in total. The van der Waals surface area contributed by atoms with Gasteiger partial charge in [-0.2, -0.15) is 0 Å². The van der Waals surface area contributed by atoms with E-state index in [0.29, 0.717) is 11.4 Å². The number of nitrogens with one attached hydrogen (secondary N) is 1. The van der Waals surface area contributed by atoms with E-state index in [1.165, 1.54) is 0 Å². The van der Waals surface area contributed by atoms with E-state index in [1.54, 1.807) is 0 Å². The number of hydrogen-bond acceptors (Lipinski definition) is 4. The highest BCUT2D eigenvalue weighted by Crippen LogP contribution is 2.23. The summed E-state index contributed by atoms with van der Waals surface area (Å²) in [7, 11) is 1.83. The summed E-state index contributed by atoms with van der Waals surface area (Å²) in [6.07, 6.45) is 0.931. The first-order chi connectivity index (χ1) is 8.65. The van der Waals surface area contributed by atoms with Crippen molar-refractivity contribution in [3.05, 3.63) is 50.8 Å². The van der Waals surface area contributed by atoms with Crippen molar-refractivity contribution in [3.8, 4) is 0 Å². The minimum absolute atomic E-state index is 0.399. The normalized spacial score (nSPS) is 10.6. The molecule has 2 aromatic rings. The van der Waals surface area contributed by atoms with Crippen molar-refractivity contribution in [1.29, 1.82) is 0 Å². The lowest BCUT2D eigenvalue weighted by Gasteiger charge is -2.23. The van der Waals surface area contributed by atoms with Gasteiger partial charge in [0.1, 0.15) is 11.4 Å². The molecule has 0 radical (unpaired) electrons. The predicted octanol–water partition coefficient (Wildman–Crippen LogP) is 1.87. The molecule has 94 valence electrons. The number of nitrogens with zero attached hydrogens (tertiary/aromatic N) is 1. The molecule has 0 heterocycles. The van der Waals surface area contributed by atoms with Crippen molar-refractivity contribution in [3.63, 3.8) is 0 Å². The van der Waals surface area contributed by atoms with Crippen LogP contribution in [0.15, 0.2) is 39.9 Å². The number of rotatable bonds is 5. The Kier molecular flexibility index (Phi) is 3.46. The molecule has 0 bridgehead atoms. The van der Waals surface area contributed by atoms with E-state index in [4.69, 9.17) is 0 Å². The van der Waals surface area contributed by atoms with Crippen molar-refractivity contribution in [2.24, 2.45) is 0 Å². The van der Waals surface area contributed by atoms with Crippen molar-refractivity contribution in [2.75, 3.05) is 23.8 Å². The molecule has 0 amide bonds. The van der Waals surface area contributed by atoms with Crippen LogP contribution in [0.3, 0.4) is 0 Å². The molecule has 0 aromatic heterocycles. The monoisotopic (exact) mass is 244 g/mol. The average molecular weight is 244 g/mol. The molecule has 0 aliphatic heterocycles. The van der Waals surface area contributed by atoms with Crippen LogP contribution in [0.25, 0.3) is 0 Å². The molecule has 0 unspecified atom stereocenters. The molecule has 2 rings (SSSR count). The fourth-order valence-electron chi connectivity index (χ4n) is 1.97. The van der Waals surface area contributed by atoms with Crippen molar-refractivity contribution < 1.29 is 0 Å². The summed E-state index contributed by atoms with van der Waals surface area (Å²) in [5, 5.41) is 3.02. The first-order valence-corrected chi connectivity index (χ1v) is 6.01. The Morgan fingerprint density at radius 1 is 1.11 bits per heavy atom. The van der Waals surface area contributed by atoms with Gasteiger partial charge in [-0.15, -0.1) is 0 Å². The summed E-state index contributed by atoms with van der Waals surface area (Å²) in [6, 6.07) is 9.38. The van der Waals surface area contributed by atoms with Crippen LogP contribution in [0.2, 0.25) is 0 Å². The highest BCUT2D eigenvalue weighted by Gasteiger charge is 2.23. The van der Waals surface area contributed by atoms with E-state index in [9.17, 15) is 9.59 Å². The van der Waals surface area contributed by atoms with E-state index in [1.807, 2.05) is 49.2 Å². The number of para-hydroxylation sites is 1. The average Bonchev–Trinajstić information content (AvgIpc) is 2.39. The van der Waals surface area contributed by atoms with Gasteiger partial charge in [0.15, 0.2) is 0 Å². The topological polar surface area (TPSA) is 49.4 Å². The van der Waals surface area contributed by atoms with Gasteiger partial charge in [-0.1, -0.05) is 25.1 Å². The molecular formula is C14H16N2O2. The highest BCUT2D eigenvalue weighted by molar-refractivity contribution is 5.79. The van der Waals surface area contributed by atoms with Crippen molar-refractivity contribution in [1.82, 2.24) is 0 Å². The van der Waals surface area contributed by atoms with Gasteiger partial charge in [0.05, 0.1) is 0 Å². The molecule has 1 N–H and O–H groups in total. The zero-order valence-electron chi connectivity index (χ0n) is 10.6. The fourth-order valence-corrected chi connectivity index (χ4v) is 1.97. The Morgan fingerprint density at radius 2 is 1.78 bits per heavy atom. The minimum Gasteiger partial charge on any atom is -0.370 e. The molecule has 0 fully saturated rings. The van der Waals surface area contributed by atoms with Crippen LogP contribution in [0.5, 0.6) is 0 Å². The van der Waals surface area contributed by atoms with E-state index < -0.39 is 10.9 Å². The predicted molar refractivity (Wildman–Crippen MR) is 74.6 cm³/mol. The minimum atomic E-state index is -0.434. The lowest BCUT2D eigenvalue weighted by molar-refractivity contribution is 0.845. The van der Waals surface area contributed by atoms with Crippen LogP contribution >= 0.6 is 0 Å². The molecule has 0 aliphatic carbocycles. The van der Waals surface area contributed by atoms with Crippen LogP contribution in [-0.4, -0.2) is 13.6 Å². The third kappa shape index (κ3) is 2.14. The maximum Gasteiger partial charge on any atom is 0.253 e. The molecule has 0 spiro atoms. The van der Waals surface area contributed by atoms with Gasteiger partial charge in [-0.05, 0) is 18.6 Å². The van der Waals surface area contributed by atoms with E-state index in [0.717, 1.165) is 18.7 Å². The first-order valence-electron chi connectivity index (χ1n) is 6.01. The van der Waals surface area contributed by atoms with Gasteiger partial charge in [-0.25, -0.2) is 0 Å². The first kappa shape index (κ1) is 12.4. The van der Waals surface area contributed by atoms with Crippen LogP contribution < -0.4 is 21.1 Å². The number of anilines is 3. The Hall–Kier alpha value is -2.10. The van der Waals surface area contributed by atoms with Crippen LogP contribution in [-0.2, 0) is 0 Å². The van der Waals surface area contributed by atoms with Crippen LogP contribution in [0.1, 0.15) is 13.3 Å². The summed E-state index contributed by atoms with van der Waals surface area (Å²) in [4.78, 5) is 25.0. The van der Waals surface area contributed by atoms with Crippen molar-refractivity contribution in [2.45, 2.75) is 13.3 Å². The molecular weight excluding hydrogens is 228 g/mol. The highest BCUT2D eigenvalue weighted by atomic mass is 16.2. The van der Waals surface area contributed by atoms with Crippen LogP contribution in [0.4, 0.5) is 17.1 Å². The third-order valence-electron chi connectivity index (χ3n) is 2.87. The molecule has 4 heteroatoms. The fraction of sp³-hybridized carbons (Fsp3) is 0.286. The number of benzene rings is 1. The maximum atomic E-state index is 11.6. The quantitative estimate of drug-likeness (QED) is 0.816. The standard InChI is InChI=1S/C14H16N2O2/c1-3-9-16(2)12-11(13(17)14(12)18)15-10-7-5-4-6-8-10/h4-8,15H,3,9H2,1-2H3. The molecule has 0 atom stereocenters. The lowest BCUT2D eigenvalue weighted by Crippen LogP contribution is -2.40.